The van der Waals surface area contributed by atoms with Gasteiger partial charge >= 0.3 is 0 Å². The van der Waals surface area contributed by atoms with E-state index in [4.69, 9.17) is 4.74 Å². The number of carbonyl (C=O) groups excluding carboxylic acids is 1. The topological polar surface area (TPSA) is 61.8 Å². The molecule has 0 radical (unpaired) electrons. The second kappa shape index (κ2) is 6.68. The highest BCUT2D eigenvalue weighted by Gasteiger charge is 2.26. The van der Waals surface area contributed by atoms with E-state index in [1.54, 1.807) is 0 Å². The maximum atomic E-state index is 12.0. The third-order valence-electron chi connectivity index (χ3n) is 4.11. The van der Waals surface area contributed by atoms with E-state index < -0.39 is 5.60 Å². The normalized spacial score (nSPS) is 30.8. The summed E-state index contributed by atoms with van der Waals surface area (Å²) in [5.41, 5.74) is -0.564. The molecule has 0 aromatic rings. The first-order valence-corrected chi connectivity index (χ1v) is 7.37. The summed E-state index contributed by atoms with van der Waals surface area (Å²) in [6, 6.07) is 0.274. The first kappa shape index (κ1) is 14.8. The van der Waals surface area contributed by atoms with Gasteiger partial charge in [-0.2, -0.15) is 0 Å². The van der Waals surface area contributed by atoms with Crippen LogP contribution in [0, 0.1) is 0 Å². The average molecular weight is 270 g/mol. The monoisotopic (exact) mass is 270 g/mol. The zero-order chi connectivity index (χ0) is 13.7. The van der Waals surface area contributed by atoms with Gasteiger partial charge in [0.25, 0.3) is 0 Å². The molecule has 0 aromatic heterocycles. The highest BCUT2D eigenvalue weighted by atomic mass is 16.5. The van der Waals surface area contributed by atoms with Crippen LogP contribution in [0.4, 0.5) is 0 Å². The Balaban J connectivity index is 1.72. The number of carbonyl (C=O) groups is 1. The van der Waals surface area contributed by atoms with Crippen LogP contribution in [0.15, 0.2) is 0 Å². The standard InChI is InChI=1S/C14H26N2O3/c1-14(18)5-2-7-16(8-6-14)11-13(17)15-12-3-9-19-10-4-12/h12,18H,2-11H2,1H3,(H,15,17). The number of ether oxygens (including phenoxy) is 1. The molecule has 0 bridgehead atoms. The van der Waals surface area contributed by atoms with Gasteiger partial charge in [-0.1, -0.05) is 0 Å². The van der Waals surface area contributed by atoms with Crippen molar-refractivity contribution < 1.29 is 14.6 Å². The summed E-state index contributed by atoms with van der Waals surface area (Å²) in [6.07, 6.45) is 4.36. The molecule has 19 heavy (non-hydrogen) atoms. The summed E-state index contributed by atoms with van der Waals surface area (Å²) >= 11 is 0. The van der Waals surface area contributed by atoms with Crippen LogP contribution in [0.2, 0.25) is 0 Å². The van der Waals surface area contributed by atoms with Crippen LogP contribution in [-0.4, -0.2) is 60.4 Å². The Morgan fingerprint density at radius 2 is 2.11 bits per heavy atom. The second-order valence-corrected chi connectivity index (χ2v) is 6.08. The zero-order valence-corrected chi connectivity index (χ0v) is 11.9. The molecule has 5 heteroatoms. The lowest BCUT2D eigenvalue weighted by molar-refractivity contribution is -0.123. The van der Waals surface area contributed by atoms with E-state index in [0.29, 0.717) is 6.54 Å². The largest absolute Gasteiger partial charge is 0.390 e. The van der Waals surface area contributed by atoms with Gasteiger partial charge in [0.1, 0.15) is 0 Å². The quantitative estimate of drug-likeness (QED) is 0.785. The van der Waals surface area contributed by atoms with E-state index in [1.165, 1.54) is 0 Å². The number of rotatable bonds is 3. The van der Waals surface area contributed by atoms with Crippen molar-refractivity contribution in [1.29, 1.82) is 0 Å². The molecule has 2 fully saturated rings. The van der Waals surface area contributed by atoms with Crippen LogP contribution in [0.3, 0.4) is 0 Å². The van der Waals surface area contributed by atoms with Crippen molar-refractivity contribution in [3.8, 4) is 0 Å². The van der Waals surface area contributed by atoms with E-state index in [2.05, 4.69) is 10.2 Å². The molecular formula is C14H26N2O3. The van der Waals surface area contributed by atoms with Crippen LogP contribution >= 0.6 is 0 Å². The van der Waals surface area contributed by atoms with Crippen LogP contribution in [0.25, 0.3) is 0 Å². The highest BCUT2D eigenvalue weighted by Crippen LogP contribution is 2.21. The molecule has 2 aliphatic rings. The minimum atomic E-state index is -0.564. The predicted octanol–water partition coefficient (Wildman–Crippen LogP) is 0.518. The molecule has 0 aliphatic carbocycles. The molecule has 0 saturated carbocycles. The smallest absolute Gasteiger partial charge is 0.234 e. The molecule has 2 rings (SSSR count). The Morgan fingerprint density at radius 1 is 1.37 bits per heavy atom. The summed E-state index contributed by atoms with van der Waals surface area (Å²) in [7, 11) is 0. The summed E-state index contributed by atoms with van der Waals surface area (Å²) in [5.74, 6) is 0.105. The third kappa shape index (κ3) is 5.09. The molecule has 2 heterocycles. The van der Waals surface area contributed by atoms with Gasteiger partial charge in [-0.25, -0.2) is 0 Å². The molecule has 0 aromatic carbocycles. The van der Waals surface area contributed by atoms with Crippen molar-refractivity contribution in [2.45, 2.75) is 50.7 Å². The van der Waals surface area contributed by atoms with Crippen molar-refractivity contribution in [3.05, 3.63) is 0 Å². The molecule has 110 valence electrons. The first-order chi connectivity index (χ1) is 9.05. The fraction of sp³-hybridized carbons (Fsp3) is 0.929. The van der Waals surface area contributed by atoms with Crippen molar-refractivity contribution in [2.24, 2.45) is 0 Å². The highest BCUT2D eigenvalue weighted by molar-refractivity contribution is 5.78. The molecule has 2 saturated heterocycles. The van der Waals surface area contributed by atoms with Crippen LogP contribution in [-0.2, 0) is 9.53 Å². The lowest BCUT2D eigenvalue weighted by Gasteiger charge is -2.25. The SMILES string of the molecule is CC1(O)CCCN(CC(=O)NC2CCOCC2)CC1. The molecule has 0 spiro atoms. The lowest BCUT2D eigenvalue weighted by atomic mass is 9.98. The van der Waals surface area contributed by atoms with E-state index in [9.17, 15) is 9.90 Å². The second-order valence-electron chi connectivity index (χ2n) is 6.08. The number of nitrogens with one attached hydrogen (secondary N) is 1. The van der Waals surface area contributed by atoms with Gasteiger partial charge < -0.3 is 15.2 Å². The van der Waals surface area contributed by atoms with Gasteiger partial charge in [0.2, 0.25) is 5.91 Å². The fourth-order valence-electron chi connectivity index (χ4n) is 2.80. The molecule has 1 unspecified atom stereocenters. The number of likely N-dealkylation sites (tertiary alicyclic amines) is 1. The Kier molecular flexibility index (Phi) is 5.19. The summed E-state index contributed by atoms with van der Waals surface area (Å²) in [4.78, 5) is 14.1. The van der Waals surface area contributed by atoms with Crippen molar-refractivity contribution >= 4 is 5.91 Å². The molecule has 2 N–H and O–H groups in total. The fourth-order valence-corrected chi connectivity index (χ4v) is 2.80. The Bertz CT molecular complexity index is 301. The first-order valence-electron chi connectivity index (χ1n) is 7.37. The number of aliphatic hydroxyl groups is 1. The summed E-state index contributed by atoms with van der Waals surface area (Å²) in [6.45, 7) is 5.53. The van der Waals surface area contributed by atoms with Crippen molar-refractivity contribution in [3.63, 3.8) is 0 Å². The molecule has 1 atom stereocenters. The van der Waals surface area contributed by atoms with Gasteiger partial charge in [0.05, 0.1) is 12.1 Å². The van der Waals surface area contributed by atoms with E-state index >= 15 is 0 Å². The third-order valence-corrected chi connectivity index (χ3v) is 4.11. The number of hydrogen-bond acceptors (Lipinski definition) is 4. The zero-order valence-electron chi connectivity index (χ0n) is 11.9. The van der Waals surface area contributed by atoms with E-state index in [1.807, 2.05) is 6.92 Å². The minimum absolute atomic E-state index is 0.105. The predicted molar refractivity (Wildman–Crippen MR) is 72.9 cm³/mol. The number of nitrogens with zero attached hydrogens (tertiary/aromatic N) is 1. The average Bonchev–Trinajstić information content (AvgIpc) is 2.52. The molecule has 1 amide bonds. The Hall–Kier alpha value is -0.650. The van der Waals surface area contributed by atoms with Gasteiger partial charge in [0.15, 0.2) is 0 Å². The van der Waals surface area contributed by atoms with Gasteiger partial charge in [-0.3, -0.25) is 9.69 Å². The minimum Gasteiger partial charge on any atom is -0.390 e. The maximum Gasteiger partial charge on any atom is 0.234 e. The molecule has 5 nitrogen and oxygen atoms in total. The maximum absolute atomic E-state index is 12.0. The van der Waals surface area contributed by atoms with Crippen LogP contribution in [0.1, 0.15) is 39.0 Å². The number of hydrogen-bond donors (Lipinski definition) is 2. The van der Waals surface area contributed by atoms with Crippen molar-refractivity contribution in [1.82, 2.24) is 10.2 Å². The summed E-state index contributed by atoms with van der Waals surface area (Å²) in [5, 5.41) is 13.1. The molecular weight excluding hydrogens is 244 g/mol. The molecule has 2 aliphatic heterocycles. The lowest BCUT2D eigenvalue weighted by Crippen LogP contribution is -2.44. The van der Waals surface area contributed by atoms with E-state index in [-0.39, 0.29) is 11.9 Å². The van der Waals surface area contributed by atoms with Gasteiger partial charge in [-0.05, 0) is 45.6 Å². The number of amides is 1. The van der Waals surface area contributed by atoms with Gasteiger partial charge in [-0.15, -0.1) is 0 Å². The summed E-state index contributed by atoms with van der Waals surface area (Å²) < 4.78 is 5.28. The van der Waals surface area contributed by atoms with E-state index in [0.717, 1.165) is 58.4 Å². The van der Waals surface area contributed by atoms with Crippen LogP contribution in [0.5, 0.6) is 0 Å². The van der Waals surface area contributed by atoms with Crippen molar-refractivity contribution in [2.75, 3.05) is 32.8 Å². The van der Waals surface area contributed by atoms with Crippen LogP contribution < -0.4 is 5.32 Å². The Morgan fingerprint density at radius 3 is 2.84 bits per heavy atom. The Labute approximate surface area is 115 Å². The van der Waals surface area contributed by atoms with Gasteiger partial charge in [0, 0.05) is 25.8 Å².